The quantitative estimate of drug-likeness (QED) is 0.825. The topological polar surface area (TPSA) is 54.5 Å². The number of hydrogen-bond acceptors (Lipinski definition) is 3. The van der Waals surface area contributed by atoms with E-state index in [1.165, 1.54) is 0 Å². The van der Waals surface area contributed by atoms with Gasteiger partial charge in [0.25, 0.3) is 10.0 Å². The molecule has 1 aliphatic heterocycles. The summed E-state index contributed by atoms with van der Waals surface area (Å²) < 4.78 is 27.5. The minimum Gasteiger partial charge on any atom is -0.273 e. The van der Waals surface area contributed by atoms with Crippen LogP contribution in [-0.4, -0.2) is 25.2 Å². The number of piperidine rings is 1. The van der Waals surface area contributed by atoms with Gasteiger partial charge in [-0.15, -0.1) is 0 Å². The van der Waals surface area contributed by atoms with Crippen LogP contribution in [-0.2, 0) is 20.2 Å². The molecular weight excluding hydrogens is 358 g/mol. The second kappa shape index (κ2) is 5.20. The molecule has 1 spiro atoms. The van der Waals surface area contributed by atoms with E-state index in [0.717, 1.165) is 15.4 Å². The molecule has 3 unspecified atom stereocenters. The molecule has 2 aliphatic carbocycles. The maximum absolute atomic E-state index is 13.6. The van der Waals surface area contributed by atoms with Crippen molar-refractivity contribution in [2.75, 3.05) is 6.54 Å². The monoisotopic (exact) mass is 377 g/mol. The van der Waals surface area contributed by atoms with Crippen molar-refractivity contribution in [3.05, 3.63) is 90.0 Å². The van der Waals surface area contributed by atoms with Crippen molar-refractivity contribution in [2.24, 2.45) is 11.3 Å². The summed E-state index contributed by atoms with van der Waals surface area (Å²) in [4.78, 5) is 13.8. The van der Waals surface area contributed by atoms with E-state index in [-0.39, 0.29) is 23.3 Å². The smallest absolute Gasteiger partial charge is 0.266 e. The number of benzene rings is 2. The van der Waals surface area contributed by atoms with E-state index in [4.69, 9.17) is 0 Å². The molecule has 3 atom stereocenters. The average Bonchev–Trinajstić information content (AvgIpc) is 3.21. The average molecular weight is 377 g/mol. The third-order valence-corrected chi connectivity index (χ3v) is 8.03. The number of allylic oxidation sites excluding steroid dienone is 3. The van der Waals surface area contributed by atoms with E-state index in [2.05, 4.69) is 0 Å². The SMILES string of the molecule is Cc1ccc(S(=O)(=O)N2CC34C=CC=CC3C4(c3ccccc3)C2=O)cc1. The Kier molecular flexibility index (Phi) is 3.18. The summed E-state index contributed by atoms with van der Waals surface area (Å²) in [7, 11) is -3.88. The molecular formula is C22H19NO3S. The second-order valence-electron chi connectivity index (χ2n) is 7.57. The zero-order valence-electron chi connectivity index (χ0n) is 14.9. The highest BCUT2D eigenvalue weighted by atomic mass is 32.2. The zero-order chi connectivity index (χ0) is 18.9. The first-order valence-corrected chi connectivity index (χ1v) is 10.4. The van der Waals surface area contributed by atoms with Gasteiger partial charge in [-0.2, -0.15) is 0 Å². The van der Waals surface area contributed by atoms with Crippen LogP contribution >= 0.6 is 0 Å². The largest absolute Gasteiger partial charge is 0.273 e. The number of nitrogens with zero attached hydrogens (tertiary/aromatic N) is 1. The van der Waals surface area contributed by atoms with Crippen LogP contribution < -0.4 is 0 Å². The summed E-state index contributed by atoms with van der Waals surface area (Å²) in [6.07, 6.45) is 7.94. The summed E-state index contributed by atoms with van der Waals surface area (Å²) in [5.74, 6) is -0.315. The molecule has 2 fully saturated rings. The van der Waals surface area contributed by atoms with Gasteiger partial charge in [-0.05, 0) is 24.6 Å². The van der Waals surface area contributed by atoms with Crippen LogP contribution in [0.5, 0.6) is 0 Å². The lowest BCUT2D eigenvalue weighted by Gasteiger charge is -2.24. The molecule has 5 rings (SSSR count). The molecule has 27 heavy (non-hydrogen) atoms. The van der Waals surface area contributed by atoms with E-state index in [9.17, 15) is 13.2 Å². The van der Waals surface area contributed by atoms with Gasteiger partial charge in [0, 0.05) is 17.9 Å². The fraction of sp³-hybridized carbons (Fsp3) is 0.227. The number of fused-ring (bicyclic) bond motifs is 1. The molecule has 1 saturated heterocycles. The van der Waals surface area contributed by atoms with Gasteiger partial charge in [-0.1, -0.05) is 72.3 Å². The Balaban J connectivity index is 1.64. The predicted molar refractivity (Wildman–Crippen MR) is 102 cm³/mol. The molecule has 0 aromatic heterocycles. The second-order valence-corrected chi connectivity index (χ2v) is 9.43. The van der Waals surface area contributed by atoms with Gasteiger partial charge < -0.3 is 0 Å². The summed E-state index contributed by atoms with van der Waals surface area (Å²) >= 11 is 0. The van der Waals surface area contributed by atoms with Crippen molar-refractivity contribution in [1.29, 1.82) is 0 Å². The first kappa shape index (κ1) is 16.5. The Morgan fingerprint density at radius 2 is 1.70 bits per heavy atom. The molecule has 0 bridgehead atoms. The number of carbonyl (C=O) groups is 1. The molecule has 1 amide bonds. The van der Waals surface area contributed by atoms with Gasteiger partial charge in [-0.25, -0.2) is 12.7 Å². The standard InChI is InChI=1S/C22H19NO3S/c1-16-10-12-18(13-11-16)27(25,26)23-15-21-14-6-5-9-19(21)22(21,20(23)24)17-7-3-2-4-8-17/h2-14,19H,15H2,1H3. The van der Waals surface area contributed by atoms with Gasteiger partial charge in [0.1, 0.15) is 0 Å². The molecule has 1 saturated carbocycles. The Bertz CT molecular complexity index is 1100. The van der Waals surface area contributed by atoms with Gasteiger partial charge in [0.2, 0.25) is 5.91 Å². The normalized spacial score (nSPS) is 30.9. The first-order valence-electron chi connectivity index (χ1n) is 9.00. The molecule has 2 aromatic rings. The van der Waals surface area contributed by atoms with E-state index in [1.807, 2.05) is 61.6 Å². The van der Waals surface area contributed by atoms with Crippen LogP contribution in [0.3, 0.4) is 0 Å². The first-order chi connectivity index (χ1) is 12.9. The van der Waals surface area contributed by atoms with Crippen LogP contribution in [0, 0.1) is 18.3 Å². The molecule has 5 heteroatoms. The summed E-state index contributed by atoms with van der Waals surface area (Å²) in [6, 6.07) is 16.2. The van der Waals surface area contributed by atoms with Crippen molar-refractivity contribution in [1.82, 2.24) is 4.31 Å². The van der Waals surface area contributed by atoms with E-state index < -0.39 is 20.9 Å². The summed E-state index contributed by atoms with van der Waals surface area (Å²) in [5.41, 5.74) is 0.551. The Morgan fingerprint density at radius 1 is 1.00 bits per heavy atom. The molecule has 0 N–H and O–H groups in total. The van der Waals surface area contributed by atoms with Crippen LogP contribution in [0.25, 0.3) is 0 Å². The van der Waals surface area contributed by atoms with Crippen molar-refractivity contribution < 1.29 is 13.2 Å². The zero-order valence-corrected chi connectivity index (χ0v) is 15.7. The van der Waals surface area contributed by atoms with Gasteiger partial charge in [-0.3, -0.25) is 4.79 Å². The Morgan fingerprint density at radius 3 is 2.41 bits per heavy atom. The highest BCUT2D eigenvalue weighted by Gasteiger charge is 2.85. The highest BCUT2D eigenvalue weighted by Crippen LogP contribution is 2.76. The fourth-order valence-electron chi connectivity index (χ4n) is 4.96. The van der Waals surface area contributed by atoms with Crippen molar-refractivity contribution in [3.63, 3.8) is 0 Å². The lowest BCUT2D eigenvalue weighted by atomic mass is 9.88. The van der Waals surface area contributed by atoms with Crippen LogP contribution in [0.15, 0.2) is 83.8 Å². The van der Waals surface area contributed by atoms with Crippen LogP contribution in [0.1, 0.15) is 11.1 Å². The number of sulfonamides is 1. The molecule has 2 aromatic carbocycles. The summed E-state index contributed by atoms with van der Waals surface area (Å²) in [5, 5.41) is 0. The third kappa shape index (κ3) is 1.87. The number of aryl methyl sites for hydroxylation is 1. The van der Waals surface area contributed by atoms with Crippen LogP contribution in [0.2, 0.25) is 0 Å². The van der Waals surface area contributed by atoms with Crippen molar-refractivity contribution in [3.8, 4) is 0 Å². The van der Waals surface area contributed by atoms with Crippen molar-refractivity contribution >= 4 is 15.9 Å². The Labute approximate surface area is 158 Å². The third-order valence-electron chi connectivity index (χ3n) is 6.29. The van der Waals surface area contributed by atoms with E-state index >= 15 is 0 Å². The number of hydrogen-bond donors (Lipinski definition) is 0. The minimum atomic E-state index is -3.88. The van der Waals surface area contributed by atoms with E-state index in [0.29, 0.717) is 0 Å². The van der Waals surface area contributed by atoms with Crippen LogP contribution in [0.4, 0.5) is 0 Å². The predicted octanol–water partition coefficient (Wildman–Crippen LogP) is 3.21. The Hall–Kier alpha value is -2.66. The molecule has 1 heterocycles. The molecule has 136 valence electrons. The number of amides is 1. The number of rotatable bonds is 3. The lowest BCUT2D eigenvalue weighted by molar-refractivity contribution is -0.127. The fourth-order valence-corrected chi connectivity index (χ4v) is 6.44. The minimum absolute atomic E-state index is 0.00867. The molecule has 4 nitrogen and oxygen atoms in total. The van der Waals surface area contributed by atoms with Gasteiger partial charge >= 0.3 is 0 Å². The van der Waals surface area contributed by atoms with Crippen molar-refractivity contribution in [2.45, 2.75) is 17.2 Å². The number of carbonyl (C=O) groups excluding carboxylic acids is 1. The lowest BCUT2D eigenvalue weighted by Crippen LogP contribution is -2.40. The van der Waals surface area contributed by atoms with E-state index in [1.54, 1.807) is 24.3 Å². The maximum Gasteiger partial charge on any atom is 0.266 e. The molecule has 3 aliphatic rings. The van der Waals surface area contributed by atoms with Gasteiger partial charge in [0.05, 0.1) is 10.3 Å². The summed E-state index contributed by atoms with van der Waals surface area (Å²) in [6.45, 7) is 2.09. The highest BCUT2D eigenvalue weighted by molar-refractivity contribution is 7.89. The molecule has 0 radical (unpaired) electrons. The maximum atomic E-state index is 13.6. The van der Waals surface area contributed by atoms with Gasteiger partial charge in [0.15, 0.2) is 0 Å².